The van der Waals surface area contributed by atoms with Crippen LogP contribution in [0.25, 0.3) is 0 Å². The molecule has 0 fully saturated rings. The minimum Gasteiger partial charge on any atom is -0.352 e. The fraction of sp³-hybridized carbons (Fsp3) is 0.333. The van der Waals surface area contributed by atoms with E-state index in [0.29, 0.717) is 25.2 Å². The topological polar surface area (TPSA) is 75.4 Å². The van der Waals surface area contributed by atoms with E-state index in [1.807, 2.05) is 56.3 Å². The lowest BCUT2D eigenvalue weighted by Gasteiger charge is -2.18. The van der Waals surface area contributed by atoms with Crippen LogP contribution < -0.4 is 11.1 Å². The van der Waals surface area contributed by atoms with Crippen LogP contribution in [-0.4, -0.2) is 29.8 Å². The first-order valence-electron chi connectivity index (χ1n) is 9.00. The first-order chi connectivity index (χ1) is 12.5. The lowest BCUT2D eigenvalue weighted by molar-refractivity contribution is -0.121. The number of carbonyl (C=O) groups excluding carboxylic acids is 2. The maximum Gasteiger partial charge on any atom is 0.253 e. The largest absolute Gasteiger partial charge is 0.352 e. The Hall–Kier alpha value is -2.37. The van der Waals surface area contributed by atoms with Gasteiger partial charge in [-0.05, 0) is 37.1 Å². The van der Waals surface area contributed by atoms with Gasteiger partial charge in [0.15, 0.2) is 0 Å². The van der Waals surface area contributed by atoms with Gasteiger partial charge in [0.05, 0.1) is 0 Å². The number of nitrogens with one attached hydrogen (secondary N) is 1. The molecule has 2 rings (SSSR count). The van der Waals surface area contributed by atoms with Crippen LogP contribution in [0.2, 0.25) is 0 Å². The van der Waals surface area contributed by atoms with Crippen molar-refractivity contribution >= 4 is 24.2 Å². The average molecular weight is 390 g/mol. The Kier molecular flexibility index (Phi) is 9.54. The molecule has 3 N–H and O–H groups in total. The molecule has 0 aliphatic rings. The molecule has 0 bridgehead atoms. The average Bonchev–Trinajstić information content (AvgIpc) is 2.68. The second kappa shape index (κ2) is 11.4. The highest BCUT2D eigenvalue weighted by atomic mass is 35.5. The van der Waals surface area contributed by atoms with Crippen LogP contribution in [0.5, 0.6) is 0 Å². The zero-order chi connectivity index (χ0) is 18.9. The number of carbonyl (C=O) groups is 2. The predicted molar refractivity (Wildman–Crippen MR) is 111 cm³/mol. The Morgan fingerprint density at radius 1 is 1.00 bits per heavy atom. The minimum atomic E-state index is -0.315. The molecule has 0 saturated carbocycles. The number of amides is 2. The van der Waals surface area contributed by atoms with Crippen molar-refractivity contribution in [1.29, 1.82) is 0 Å². The lowest BCUT2D eigenvalue weighted by Crippen LogP contribution is -2.30. The molecule has 0 aliphatic carbocycles. The summed E-state index contributed by atoms with van der Waals surface area (Å²) in [6.45, 7) is 5.72. The smallest absolute Gasteiger partial charge is 0.253 e. The molecule has 2 aromatic carbocycles. The maximum atomic E-state index is 12.3. The molecule has 1 unspecified atom stereocenters. The number of nitrogens with two attached hydrogens (primary N) is 1. The summed E-state index contributed by atoms with van der Waals surface area (Å²) in [6, 6.07) is 16.6. The molecule has 2 aromatic rings. The highest BCUT2D eigenvalue weighted by Crippen LogP contribution is 2.13. The van der Waals surface area contributed by atoms with Crippen LogP contribution in [0.4, 0.5) is 0 Å². The van der Waals surface area contributed by atoms with Gasteiger partial charge in [-0.3, -0.25) is 9.59 Å². The Morgan fingerprint density at radius 2 is 1.59 bits per heavy atom. The molecule has 0 radical (unpaired) electrons. The van der Waals surface area contributed by atoms with E-state index in [2.05, 4.69) is 5.32 Å². The molecule has 146 valence electrons. The monoisotopic (exact) mass is 389 g/mol. The van der Waals surface area contributed by atoms with Crippen molar-refractivity contribution in [1.82, 2.24) is 10.2 Å². The number of hydrogen-bond donors (Lipinski definition) is 2. The molecule has 1 atom stereocenters. The van der Waals surface area contributed by atoms with E-state index in [0.717, 1.165) is 11.1 Å². The van der Waals surface area contributed by atoms with Crippen molar-refractivity contribution in [3.05, 3.63) is 71.3 Å². The zero-order valence-corrected chi connectivity index (χ0v) is 16.7. The Labute approximate surface area is 167 Å². The molecule has 27 heavy (non-hydrogen) atoms. The van der Waals surface area contributed by atoms with Crippen LogP contribution in [0, 0.1) is 0 Å². The number of rotatable bonds is 8. The quantitative estimate of drug-likeness (QED) is 0.727. The molecule has 2 amide bonds. The summed E-state index contributed by atoms with van der Waals surface area (Å²) in [5.74, 6) is -0.0657. The van der Waals surface area contributed by atoms with Gasteiger partial charge in [0, 0.05) is 37.7 Å². The SMILES string of the molecule is CCN(CC)C(=O)c1ccc(CNC(=O)CC(N)c2ccccc2)cc1.Cl. The van der Waals surface area contributed by atoms with Crippen LogP contribution in [-0.2, 0) is 11.3 Å². The summed E-state index contributed by atoms with van der Waals surface area (Å²) in [6.07, 6.45) is 0.239. The van der Waals surface area contributed by atoms with E-state index in [1.165, 1.54) is 0 Å². The summed E-state index contributed by atoms with van der Waals surface area (Å²) >= 11 is 0. The van der Waals surface area contributed by atoms with E-state index in [1.54, 1.807) is 17.0 Å². The summed E-state index contributed by atoms with van der Waals surface area (Å²) < 4.78 is 0. The normalized spacial score (nSPS) is 11.2. The summed E-state index contributed by atoms with van der Waals surface area (Å²) in [7, 11) is 0. The summed E-state index contributed by atoms with van der Waals surface area (Å²) in [5.41, 5.74) is 8.62. The highest BCUT2D eigenvalue weighted by Gasteiger charge is 2.13. The van der Waals surface area contributed by atoms with Crippen LogP contribution in [0.1, 0.15) is 47.8 Å². The minimum absolute atomic E-state index is 0. The number of nitrogens with zero attached hydrogens (tertiary/aromatic N) is 1. The predicted octanol–water partition coefficient (Wildman–Crippen LogP) is 3.30. The first kappa shape index (κ1) is 22.7. The highest BCUT2D eigenvalue weighted by molar-refractivity contribution is 5.94. The number of hydrogen-bond acceptors (Lipinski definition) is 3. The van der Waals surface area contributed by atoms with Gasteiger partial charge in [0.2, 0.25) is 5.91 Å². The van der Waals surface area contributed by atoms with Crippen LogP contribution in [0.3, 0.4) is 0 Å². The lowest BCUT2D eigenvalue weighted by atomic mass is 10.0. The van der Waals surface area contributed by atoms with Crippen LogP contribution >= 0.6 is 12.4 Å². The van der Waals surface area contributed by atoms with Crippen molar-refractivity contribution in [3.8, 4) is 0 Å². The molecular formula is C21H28ClN3O2. The van der Waals surface area contributed by atoms with E-state index in [4.69, 9.17) is 5.73 Å². The fourth-order valence-corrected chi connectivity index (χ4v) is 2.75. The van der Waals surface area contributed by atoms with Gasteiger partial charge in [-0.2, -0.15) is 0 Å². The van der Waals surface area contributed by atoms with Gasteiger partial charge < -0.3 is 16.0 Å². The molecule has 0 heterocycles. The van der Waals surface area contributed by atoms with E-state index < -0.39 is 0 Å². The Morgan fingerprint density at radius 3 is 2.15 bits per heavy atom. The molecular weight excluding hydrogens is 362 g/mol. The van der Waals surface area contributed by atoms with Gasteiger partial charge >= 0.3 is 0 Å². The summed E-state index contributed by atoms with van der Waals surface area (Å²) in [4.78, 5) is 26.2. The van der Waals surface area contributed by atoms with Crippen molar-refractivity contribution in [2.24, 2.45) is 5.73 Å². The number of halogens is 1. The third-order valence-electron chi connectivity index (χ3n) is 4.37. The van der Waals surface area contributed by atoms with Crippen molar-refractivity contribution in [2.45, 2.75) is 32.9 Å². The van der Waals surface area contributed by atoms with Gasteiger partial charge in [-0.25, -0.2) is 0 Å². The fourth-order valence-electron chi connectivity index (χ4n) is 2.75. The van der Waals surface area contributed by atoms with Gasteiger partial charge in [-0.1, -0.05) is 42.5 Å². The van der Waals surface area contributed by atoms with Gasteiger partial charge in [-0.15, -0.1) is 12.4 Å². The molecule has 5 nitrogen and oxygen atoms in total. The van der Waals surface area contributed by atoms with E-state index >= 15 is 0 Å². The maximum absolute atomic E-state index is 12.3. The van der Waals surface area contributed by atoms with Crippen molar-refractivity contribution in [3.63, 3.8) is 0 Å². The molecule has 0 aliphatic heterocycles. The van der Waals surface area contributed by atoms with Crippen molar-refractivity contribution in [2.75, 3.05) is 13.1 Å². The van der Waals surface area contributed by atoms with Crippen LogP contribution in [0.15, 0.2) is 54.6 Å². The third kappa shape index (κ3) is 6.70. The van der Waals surface area contributed by atoms with Crippen molar-refractivity contribution < 1.29 is 9.59 Å². The summed E-state index contributed by atoms with van der Waals surface area (Å²) in [5, 5.41) is 2.88. The Bertz CT molecular complexity index is 716. The van der Waals surface area contributed by atoms with Gasteiger partial charge in [0.25, 0.3) is 5.91 Å². The zero-order valence-electron chi connectivity index (χ0n) is 15.9. The second-order valence-electron chi connectivity index (χ2n) is 6.17. The molecule has 0 saturated heterocycles. The molecule has 6 heteroatoms. The standard InChI is InChI=1S/C21H27N3O2.ClH/c1-3-24(4-2)21(26)18-12-10-16(11-13-18)15-23-20(25)14-19(22)17-8-6-5-7-9-17;/h5-13,19H,3-4,14-15,22H2,1-2H3,(H,23,25);1H. The second-order valence-corrected chi connectivity index (χ2v) is 6.17. The molecule has 0 spiro atoms. The third-order valence-corrected chi connectivity index (χ3v) is 4.37. The Balaban J connectivity index is 0.00000364. The first-order valence-corrected chi connectivity index (χ1v) is 9.00. The number of benzene rings is 2. The van der Waals surface area contributed by atoms with E-state index in [-0.39, 0.29) is 36.7 Å². The van der Waals surface area contributed by atoms with E-state index in [9.17, 15) is 9.59 Å². The molecule has 0 aromatic heterocycles. The van der Waals surface area contributed by atoms with Gasteiger partial charge in [0.1, 0.15) is 0 Å².